The van der Waals surface area contributed by atoms with Crippen LogP contribution in [0.25, 0.3) is 38.9 Å². The average Bonchev–Trinajstić information content (AvgIpc) is 3.05. The lowest BCUT2D eigenvalue weighted by molar-refractivity contribution is 0.186. The van der Waals surface area contributed by atoms with E-state index in [4.69, 9.17) is 26.3 Å². The van der Waals surface area contributed by atoms with E-state index in [9.17, 15) is 4.79 Å². The molecule has 3 heterocycles. The van der Waals surface area contributed by atoms with Crippen molar-refractivity contribution in [3.05, 3.63) is 70.2 Å². The van der Waals surface area contributed by atoms with Gasteiger partial charge in [-0.15, -0.1) is 0 Å². The van der Waals surface area contributed by atoms with Crippen LogP contribution < -0.4 is 5.56 Å². The molecule has 29 heavy (non-hydrogen) atoms. The van der Waals surface area contributed by atoms with Gasteiger partial charge in [-0.2, -0.15) is 0 Å². The maximum absolute atomic E-state index is 13.3. The molecular formula is C21H16ClN5O2. The molecule has 0 aliphatic carbocycles. The second-order valence-corrected chi connectivity index (χ2v) is 7.07. The van der Waals surface area contributed by atoms with Gasteiger partial charge in [-0.05, 0) is 30.3 Å². The third kappa shape index (κ3) is 2.86. The first-order valence-corrected chi connectivity index (χ1v) is 9.46. The molecule has 0 fully saturated rings. The van der Waals surface area contributed by atoms with Crippen LogP contribution in [0.1, 0.15) is 0 Å². The number of hydrogen-bond donors (Lipinski definition) is 0. The maximum Gasteiger partial charge on any atom is 0.265 e. The topological polar surface area (TPSA) is 74.8 Å². The first-order chi connectivity index (χ1) is 14.2. The Morgan fingerprint density at radius 3 is 2.59 bits per heavy atom. The number of hydrogen-bond acceptors (Lipinski definition) is 5. The number of aromatic nitrogens is 5. The van der Waals surface area contributed by atoms with Crippen LogP contribution in [0.2, 0.25) is 5.02 Å². The summed E-state index contributed by atoms with van der Waals surface area (Å²) in [4.78, 5) is 27.4. The number of para-hydroxylation sites is 2. The molecule has 3 aromatic heterocycles. The van der Waals surface area contributed by atoms with Crippen LogP contribution in [0.3, 0.4) is 0 Å². The fraction of sp³-hybridized carbons (Fsp3) is 0.143. The van der Waals surface area contributed by atoms with E-state index < -0.39 is 0 Å². The Morgan fingerprint density at radius 1 is 1.03 bits per heavy atom. The minimum atomic E-state index is -0.178. The minimum absolute atomic E-state index is 0.178. The first-order valence-electron chi connectivity index (χ1n) is 9.08. The van der Waals surface area contributed by atoms with Gasteiger partial charge < -0.3 is 4.74 Å². The summed E-state index contributed by atoms with van der Waals surface area (Å²) in [5.41, 5.74) is 3.63. The quantitative estimate of drug-likeness (QED) is 0.457. The van der Waals surface area contributed by atoms with E-state index in [1.54, 1.807) is 13.2 Å². The van der Waals surface area contributed by atoms with Crippen LogP contribution in [0.15, 0.2) is 59.7 Å². The number of fused-ring (bicyclic) bond motifs is 4. The summed E-state index contributed by atoms with van der Waals surface area (Å²) in [5.74, 6) is 0. The van der Waals surface area contributed by atoms with Gasteiger partial charge in [0.15, 0.2) is 11.3 Å². The summed E-state index contributed by atoms with van der Waals surface area (Å²) in [7, 11) is 1.60. The van der Waals surface area contributed by atoms with Crippen molar-refractivity contribution in [2.45, 2.75) is 6.54 Å². The molecule has 0 N–H and O–H groups in total. The molecule has 0 saturated carbocycles. The van der Waals surface area contributed by atoms with E-state index in [1.807, 2.05) is 47.0 Å². The highest BCUT2D eigenvalue weighted by atomic mass is 35.5. The second-order valence-electron chi connectivity index (χ2n) is 6.63. The molecule has 0 saturated heterocycles. The van der Waals surface area contributed by atoms with E-state index in [2.05, 4.69) is 4.98 Å². The van der Waals surface area contributed by atoms with Crippen molar-refractivity contribution in [2.24, 2.45) is 0 Å². The Kier molecular flexibility index (Phi) is 4.26. The fourth-order valence-corrected chi connectivity index (χ4v) is 3.67. The number of halogens is 1. The molecule has 0 aliphatic rings. The van der Waals surface area contributed by atoms with Gasteiger partial charge in [-0.1, -0.05) is 29.8 Å². The number of benzene rings is 2. The molecule has 7 nitrogen and oxygen atoms in total. The lowest BCUT2D eigenvalue weighted by Crippen LogP contribution is -2.22. The highest BCUT2D eigenvalue weighted by molar-refractivity contribution is 6.30. The summed E-state index contributed by atoms with van der Waals surface area (Å²) < 4.78 is 8.47. The van der Waals surface area contributed by atoms with Crippen molar-refractivity contribution in [1.82, 2.24) is 24.1 Å². The maximum atomic E-state index is 13.3. The highest BCUT2D eigenvalue weighted by Gasteiger charge is 2.20. The highest BCUT2D eigenvalue weighted by Crippen LogP contribution is 2.29. The van der Waals surface area contributed by atoms with E-state index in [0.717, 1.165) is 16.7 Å². The fourth-order valence-electron chi connectivity index (χ4n) is 3.48. The smallest absolute Gasteiger partial charge is 0.265 e. The summed E-state index contributed by atoms with van der Waals surface area (Å²) in [6.45, 7) is 0.817. The molecule has 0 amide bonds. The van der Waals surface area contributed by atoms with Gasteiger partial charge in [0.1, 0.15) is 17.2 Å². The van der Waals surface area contributed by atoms with Crippen LogP contribution in [0, 0.1) is 0 Å². The molecule has 0 bridgehead atoms. The predicted molar refractivity (Wildman–Crippen MR) is 113 cm³/mol. The molecule has 0 unspecified atom stereocenters. The standard InChI is InChI=1S/C21H16ClN5O2/c1-29-10-9-26-12-23-19-17(21(26)28)18-20(25-16-8-3-2-7-15(16)24-18)27(19)14-6-4-5-13(22)11-14/h2-8,11-12H,9-10H2,1H3. The lowest BCUT2D eigenvalue weighted by atomic mass is 10.3. The van der Waals surface area contributed by atoms with Crippen molar-refractivity contribution in [2.75, 3.05) is 13.7 Å². The molecule has 5 aromatic rings. The predicted octanol–water partition coefficient (Wildman–Crippen LogP) is 3.58. The van der Waals surface area contributed by atoms with Crippen molar-refractivity contribution in [1.29, 1.82) is 0 Å². The van der Waals surface area contributed by atoms with Crippen molar-refractivity contribution >= 4 is 44.8 Å². The van der Waals surface area contributed by atoms with Crippen molar-refractivity contribution < 1.29 is 4.74 Å². The minimum Gasteiger partial charge on any atom is -0.383 e. The summed E-state index contributed by atoms with van der Waals surface area (Å²) in [5, 5.41) is 1.01. The number of nitrogens with zero attached hydrogens (tertiary/aromatic N) is 5. The van der Waals surface area contributed by atoms with Crippen LogP contribution in [-0.2, 0) is 11.3 Å². The largest absolute Gasteiger partial charge is 0.383 e. The van der Waals surface area contributed by atoms with Crippen LogP contribution in [-0.4, -0.2) is 37.8 Å². The number of ether oxygens (including phenoxy) is 1. The molecule has 0 atom stereocenters. The molecule has 0 radical (unpaired) electrons. The molecule has 0 spiro atoms. The third-order valence-corrected chi connectivity index (χ3v) is 5.07. The van der Waals surface area contributed by atoms with Gasteiger partial charge in [-0.25, -0.2) is 15.0 Å². The van der Waals surface area contributed by atoms with Gasteiger partial charge in [0.25, 0.3) is 5.56 Å². The summed E-state index contributed by atoms with van der Waals surface area (Å²) in [6.07, 6.45) is 1.53. The number of rotatable bonds is 4. The van der Waals surface area contributed by atoms with Gasteiger partial charge >= 0.3 is 0 Å². The van der Waals surface area contributed by atoms with Crippen LogP contribution in [0.5, 0.6) is 0 Å². The van der Waals surface area contributed by atoms with Crippen molar-refractivity contribution in [3.8, 4) is 5.69 Å². The monoisotopic (exact) mass is 405 g/mol. The zero-order chi connectivity index (χ0) is 20.0. The molecule has 8 heteroatoms. The molecule has 2 aromatic carbocycles. The number of methoxy groups -OCH3 is 1. The van der Waals surface area contributed by atoms with Gasteiger partial charge in [0.2, 0.25) is 0 Å². The Balaban J connectivity index is 1.94. The van der Waals surface area contributed by atoms with Crippen LogP contribution in [0.4, 0.5) is 0 Å². The molecule has 144 valence electrons. The molecule has 0 aliphatic heterocycles. The second kappa shape index (κ2) is 6.95. The molecular weight excluding hydrogens is 390 g/mol. The normalized spacial score (nSPS) is 11.7. The van der Waals surface area contributed by atoms with Gasteiger partial charge in [0.05, 0.1) is 29.9 Å². The Hall–Kier alpha value is -3.29. The average molecular weight is 406 g/mol. The summed E-state index contributed by atoms with van der Waals surface area (Å²) in [6, 6.07) is 14.9. The van der Waals surface area contributed by atoms with E-state index >= 15 is 0 Å². The van der Waals surface area contributed by atoms with E-state index in [-0.39, 0.29) is 5.56 Å². The van der Waals surface area contributed by atoms with E-state index in [1.165, 1.54) is 10.9 Å². The van der Waals surface area contributed by atoms with Crippen LogP contribution >= 0.6 is 11.6 Å². The van der Waals surface area contributed by atoms with E-state index in [0.29, 0.717) is 40.4 Å². The van der Waals surface area contributed by atoms with Crippen molar-refractivity contribution in [3.63, 3.8) is 0 Å². The third-order valence-electron chi connectivity index (χ3n) is 4.83. The zero-order valence-corrected chi connectivity index (χ0v) is 16.3. The first kappa shape index (κ1) is 17.8. The van der Waals surface area contributed by atoms with Gasteiger partial charge in [-0.3, -0.25) is 13.9 Å². The summed E-state index contributed by atoms with van der Waals surface area (Å²) >= 11 is 6.22. The Bertz CT molecular complexity index is 1440. The Morgan fingerprint density at radius 2 is 1.83 bits per heavy atom. The zero-order valence-electron chi connectivity index (χ0n) is 15.5. The SMILES string of the molecule is COCCn1cnc2c(c1=O)c1nc3ccccc3nc1n2-c1cccc(Cl)c1. The van der Waals surface area contributed by atoms with Gasteiger partial charge in [0, 0.05) is 12.1 Å². The lowest BCUT2D eigenvalue weighted by Gasteiger charge is -2.08. The Labute approximate surface area is 170 Å². The molecule has 5 rings (SSSR count).